The molecule has 1 unspecified atom stereocenters. The van der Waals surface area contributed by atoms with E-state index in [2.05, 4.69) is 14.9 Å². The van der Waals surface area contributed by atoms with Crippen LogP contribution in [0.15, 0.2) is 4.90 Å². The highest BCUT2D eigenvalue weighted by Gasteiger charge is 2.22. The number of hydrogen-bond acceptors (Lipinski definition) is 4. The second-order valence-corrected chi connectivity index (χ2v) is 6.02. The third-order valence-electron chi connectivity index (χ3n) is 2.47. The van der Waals surface area contributed by atoms with Crippen LogP contribution in [0.3, 0.4) is 0 Å². The van der Waals surface area contributed by atoms with E-state index in [4.69, 9.17) is 5.11 Å². The van der Waals surface area contributed by atoms with Crippen LogP contribution in [0.2, 0.25) is 0 Å². The average Bonchev–Trinajstić information content (AvgIpc) is 2.55. The number of carboxylic acid groups (broad SMARTS) is 1. The highest BCUT2D eigenvalue weighted by molar-refractivity contribution is 7.89. The number of aromatic nitrogens is 2. The van der Waals surface area contributed by atoms with E-state index in [1.807, 2.05) is 0 Å². The monoisotopic (exact) mass is 275 g/mol. The van der Waals surface area contributed by atoms with Gasteiger partial charge in [0.05, 0.1) is 11.4 Å². The van der Waals surface area contributed by atoms with Crippen molar-refractivity contribution in [3.05, 3.63) is 11.4 Å². The van der Waals surface area contributed by atoms with E-state index in [-0.39, 0.29) is 23.8 Å². The number of nitrogens with one attached hydrogen (secondary N) is 2. The lowest BCUT2D eigenvalue weighted by Gasteiger charge is -2.11. The summed E-state index contributed by atoms with van der Waals surface area (Å²) in [4.78, 5) is 10.6. The van der Waals surface area contributed by atoms with Gasteiger partial charge < -0.3 is 5.11 Å². The Hall–Kier alpha value is -1.41. The summed E-state index contributed by atoms with van der Waals surface area (Å²) >= 11 is 0. The fourth-order valence-corrected chi connectivity index (χ4v) is 3.16. The number of hydrogen-bond donors (Lipinski definition) is 3. The van der Waals surface area contributed by atoms with Crippen molar-refractivity contribution in [2.45, 2.75) is 32.1 Å². The summed E-state index contributed by atoms with van der Waals surface area (Å²) in [5, 5.41) is 15.0. The van der Waals surface area contributed by atoms with Crippen molar-refractivity contribution in [3.8, 4) is 0 Å². The van der Waals surface area contributed by atoms with Gasteiger partial charge in [0.2, 0.25) is 10.0 Å². The van der Waals surface area contributed by atoms with Gasteiger partial charge in [-0.25, -0.2) is 13.1 Å². The number of aromatic amines is 1. The summed E-state index contributed by atoms with van der Waals surface area (Å²) < 4.78 is 26.4. The normalized spacial score (nSPS) is 13.5. The zero-order valence-electron chi connectivity index (χ0n) is 10.5. The van der Waals surface area contributed by atoms with Gasteiger partial charge in [-0.15, -0.1) is 0 Å². The van der Waals surface area contributed by atoms with Gasteiger partial charge in [-0.05, 0) is 19.8 Å². The molecule has 0 aliphatic heterocycles. The van der Waals surface area contributed by atoms with Crippen molar-refractivity contribution in [2.75, 3.05) is 6.54 Å². The molecule has 1 heterocycles. The van der Waals surface area contributed by atoms with E-state index in [9.17, 15) is 13.2 Å². The number of sulfonamides is 1. The van der Waals surface area contributed by atoms with Gasteiger partial charge >= 0.3 is 5.97 Å². The second-order valence-electron chi connectivity index (χ2n) is 4.32. The van der Waals surface area contributed by atoms with E-state index >= 15 is 0 Å². The molecule has 8 heteroatoms. The Kier molecular flexibility index (Phi) is 4.47. The smallest absolute Gasteiger partial charge is 0.303 e. The first-order valence-corrected chi connectivity index (χ1v) is 6.95. The Morgan fingerprint density at radius 1 is 1.50 bits per heavy atom. The zero-order valence-corrected chi connectivity index (χ0v) is 11.3. The Labute approximate surface area is 106 Å². The van der Waals surface area contributed by atoms with E-state index in [1.54, 1.807) is 20.8 Å². The molecule has 3 N–H and O–H groups in total. The molecule has 0 radical (unpaired) electrons. The number of aryl methyl sites for hydroxylation is 2. The number of rotatable bonds is 6. The maximum Gasteiger partial charge on any atom is 0.303 e. The third-order valence-corrected chi connectivity index (χ3v) is 4.16. The molecule has 0 aromatic carbocycles. The number of carbonyl (C=O) groups is 1. The molecule has 1 aromatic heterocycles. The van der Waals surface area contributed by atoms with Gasteiger partial charge in [-0.1, -0.05) is 6.92 Å². The first-order chi connectivity index (χ1) is 8.24. The molecule has 1 atom stereocenters. The highest BCUT2D eigenvalue weighted by Crippen LogP contribution is 2.16. The molecule has 18 heavy (non-hydrogen) atoms. The minimum atomic E-state index is -3.65. The van der Waals surface area contributed by atoms with Crippen LogP contribution in [0, 0.1) is 19.8 Å². The molecule has 0 amide bonds. The van der Waals surface area contributed by atoms with Crippen LogP contribution >= 0.6 is 0 Å². The maximum absolute atomic E-state index is 12.0. The molecule has 0 aliphatic rings. The lowest BCUT2D eigenvalue weighted by molar-refractivity contribution is -0.137. The fourth-order valence-electron chi connectivity index (χ4n) is 1.63. The molecule has 0 spiro atoms. The standard InChI is InChI=1S/C10H17N3O4S/c1-6(4-9(14)15)5-11-18(16,17)10-7(2)12-13-8(10)3/h6,11H,4-5H2,1-3H3,(H,12,13)(H,14,15). The molecule has 7 nitrogen and oxygen atoms in total. The fraction of sp³-hybridized carbons (Fsp3) is 0.600. The molecular weight excluding hydrogens is 258 g/mol. The Morgan fingerprint density at radius 2 is 2.11 bits per heavy atom. The van der Waals surface area contributed by atoms with Crippen molar-refractivity contribution in [1.29, 1.82) is 0 Å². The van der Waals surface area contributed by atoms with Crippen LogP contribution in [0.4, 0.5) is 0 Å². The average molecular weight is 275 g/mol. The molecular formula is C10H17N3O4S. The minimum absolute atomic E-state index is 0.0775. The molecule has 0 saturated heterocycles. The lowest BCUT2D eigenvalue weighted by Crippen LogP contribution is -2.30. The predicted molar refractivity (Wildman–Crippen MR) is 64.7 cm³/mol. The number of aliphatic carboxylic acids is 1. The highest BCUT2D eigenvalue weighted by atomic mass is 32.2. The van der Waals surface area contributed by atoms with Gasteiger partial charge in [0.15, 0.2) is 0 Å². The second kappa shape index (κ2) is 5.49. The lowest BCUT2D eigenvalue weighted by atomic mass is 10.1. The predicted octanol–water partition coefficient (Wildman–Crippen LogP) is 0.416. The quantitative estimate of drug-likeness (QED) is 0.696. The Balaban J connectivity index is 2.75. The van der Waals surface area contributed by atoms with Crippen molar-refractivity contribution in [1.82, 2.24) is 14.9 Å². The molecule has 102 valence electrons. The van der Waals surface area contributed by atoms with Crippen LogP contribution in [0.5, 0.6) is 0 Å². The van der Waals surface area contributed by atoms with Crippen LogP contribution in [-0.2, 0) is 14.8 Å². The van der Waals surface area contributed by atoms with E-state index in [0.717, 1.165) is 0 Å². The summed E-state index contributed by atoms with van der Waals surface area (Å²) in [5.74, 6) is -1.22. The van der Waals surface area contributed by atoms with Gasteiger partial charge in [0.25, 0.3) is 0 Å². The van der Waals surface area contributed by atoms with Gasteiger partial charge in [0.1, 0.15) is 4.90 Å². The molecule has 0 bridgehead atoms. The van der Waals surface area contributed by atoms with Gasteiger partial charge in [0, 0.05) is 13.0 Å². The maximum atomic E-state index is 12.0. The number of carboxylic acids is 1. The minimum Gasteiger partial charge on any atom is -0.481 e. The van der Waals surface area contributed by atoms with Crippen LogP contribution in [0.25, 0.3) is 0 Å². The first-order valence-electron chi connectivity index (χ1n) is 5.47. The van der Waals surface area contributed by atoms with Crippen LogP contribution in [-0.4, -0.2) is 36.2 Å². The topological polar surface area (TPSA) is 112 Å². The van der Waals surface area contributed by atoms with Gasteiger partial charge in [-0.3, -0.25) is 9.89 Å². The molecule has 1 aromatic rings. The summed E-state index contributed by atoms with van der Waals surface area (Å²) in [7, 11) is -3.65. The molecule has 0 fully saturated rings. The van der Waals surface area contributed by atoms with E-state index in [1.165, 1.54) is 0 Å². The van der Waals surface area contributed by atoms with E-state index in [0.29, 0.717) is 11.4 Å². The Bertz CT molecular complexity index is 516. The molecule has 0 aliphatic carbocycles. The molecule has 1 rings (SSSR count). The summed E-state index contributed by atoms with van der Waals surface area (Å²) in [6.07, 6.45) is -0.0775. The zero-order chi connectivity index (χ0) is 13.9. The van der Waals surface area contributed by atoms with Crippen molar-refractivity contribution in [2.24, 2.45) is 5.92 Å². The number of H-pyrrole nitrogens is 1. The largest absolute Gasteiger partial charge is 0.481 e. The van der Waals surface area contributed by atoms with Crippen molar-refractivity contribution >= 4 is 16.0 Å². The molecule has 0 saturated carbocycles. The van der Waals surface area contributed by atoms with Crippen LogP contribution in [0.1, 0.15) is 24.7 Å². The van der Waals surface area contributed by atoms with E-state index < -0.39 is 16.0 Å². The van der Waals surface area contributed by atoms with Crippen LogP contribution < -0.4 is 4.72 Å². The summed E-state index contributed by atoms with van der Waals surface area (Å²) in [5.41, 5.74) is 0.858. The summed E-state index contributed by atoms with van der Waals surface area (Å²) in [6, 6.07) is 0. The summed E-state index contributed by atoms with van der Waals surface area (Å²) in [6.45, 7) is 4.97. The SMILES string of the molecule is Cc1n[nH]c(C)c1S(=O)(=O)NCC(C)CC(=O)O. The van der Waals surface area contributed by atoms with Gasteiger partial charge in [-0.2, -0.15) is 5.10 Å². The first kappa shape index (κ1) is 14.7. The third kappa shape index (κ3) is 3.54. The van der Waals surface area contributed by atoms with Crippen molar-refractivity contribution in [3.63, 3.8) is 0 Å². The Morgan fingerprint density at radius 3 is 2.56 bits per heavy atom. The number of nitrogens with zero attached hydrogens (tertiary/aromatic N) is 1. The van der Waals surface area contributed by atoms with Crippen molar-refractivity contribution < 1.29 is 18.3 Å².